The maximum atomic E-state index is 5.87. The molecule has 1 N–H and O–H groups in total. The predicted molar refractivity (Wildman–Crippen MR) is 86.5 cm³/mol. The topological polar surface area (TPSA) is 25.2 Å². The van der Waals surface area contributed by atoms with E-state index >= 15 is 0 Å². The molecule has 0 aliphatic carbocycles. The van der Waals surface area contributed by atoms with Crippen molar-refractivity contribution in [1.82, 2.24) is 5.32 Å². The average molecular weight is 273 g/mol. The molecule has 2 heteroatoms. The van der Waals surface area contributed by atoms with Crippen LogP contribution in [0.25, 0.3) is 11.0 Å². The van der Waals surface area contributed by atoms with E-state index in [1.165, 1.54) is 22.1 Å². The van der Waals surface area contributed by atoms with Crippen molar-refractivity contribution in [3.05, 3.63) is 35.1 Å². The minimum absolute atomic E-state index is 0.496. The molecule has 0 fully saturated rings. The first kappa shape index (κ1) is 15.1. The molecule has 20 heavy (non-hydrogen) atoms. The Morgan fingerprint density at radius 3 is 2.55 bits per heavy atom. The molecule has 2 aromatic rings. The van der Waals surface area contributed by atoms with Crippen molar-refractivity contribution >= 4 is 11.0 Å². The highest BCUT2D eigenvalue weighted by molar-refractivity contribution is 5.87. The van der Waals surface area contributed by atoms with Crippen LogP contribution in [0.15, 0.2) is 22.8 Å². The van der Waals surface area contributed by atoms with E-state index in [-0.39, 0.29) is 0 Å². The van der Waals surface area contributed by atoms with Crippen molar-refractivity contribution in [2.45, 2.75) is 47.0 Å². The van der Waals surface area contributed by atoms with E-state index < -0.39 is 0 Å². The summed E-state index contributed by atoms with van der Waals surface area (Å²) in [6.07, 6.45) is 2.97. The van der Waals surface area contributed by atoms with Crippen LogP contribution >= 0.6 is 0 Å². The third-order valence-electron chi connectivity index (χ3n) is 3.78. The van der Waals surface area contributed by atoms with Crippen LogP contribution in [0.1, 0.15) is 50.3 Å². The van der Waals surface area contributed by atoms with Gasteiger partial charge in [-0.05, 0) is 55.0 Å². The number of aryl methyl sites for hydroxylation is 1. The lowest BCUT2D eigenvalue weighted by atomic mass is 9.96. The van der Waals surface area contributed by atoms with Gasteiger partial charge >= 0.3 is 0 Å². The molecule has 2 nitrogen and oxygen atoms in total. The number of hydrogen-bond acceptors (Lipinski definition) is 2. The largest absolute Gasteiger partial charge is 0.464 e. The highest BCUT2D eigenvalue weighted by atomic mass is 16.3. The van der Waals surface area contributed by atoms with Crippen LogP contribution in [-0.4, -0.2) is 13.1 Å². The molecule has 110 valence electrons. The highest BCUT2D eigenvalue weighted by Gasteiger charge is 2.14. The summed E-state index contributed by atoms with van der Waals surface area (Å²) in [5, 5.41) is 4.82. The van der Waals surface area contributed by atoms with Crippen molar-refractivity contribution in [2.24, 2.45) is 5.92 Å². The van der Waals surface area contributed by atoms with Gasteiger partial charge in [-0.15, -0.1) is 0 Å². The van der Waals surface area contributed by atoms with Gasteiger partial charge < -0.3 is 9.73 Å². The van der Waals surface area contributed by atoms with Crippen LogP contribution in [0, 0.1) is 12.8 Å². The Kier molecular flexibility index (Phi) is 4.87. The highest BCUT2D eigenvalue weighted by Crippen LogP contribution is 2.31. The van der Waals surface area contributed by atoms with Crippen molar-refractivity contribution in [3.63, 3.8) is 0 Å². The smallest absolute Gasteiger partial charge is 0.137 e. The second-order valence-corrected chi connectivity index (χ2v) is 6.44. The Morgan fingerprint density at radius 1 is 1.15 bits per heavy atom. The summed E-state index contributed by atoms with van der Waals surface area (Å²) in [5.74, 6) is 1.20. The number of benzene rings is 1. The fourth-order valence-electron chi connectivity index (χ4n) is 2.66. The van der Waals surface area contributed by atoms with Gasteiger partial charge in [0.1, 0.15) is 5.58 Å². The lowest BCUT2D eigenvalue weighted by Gasteiger charge is -2.09. The van der Waals surface area contributed by atoms with Crippen LogP contribution < -0.4 is 5.32 Å². The molecule has 0 atom stereocenters. The summed E-state index contributed by atoms with van der Waals surface area (Å²) in [6.45, 7) is 13.2. The molecule has 0 amide bonds. The maximum absolute atomic E-state index is 5.87. The third-order valence-corrected chi connectivity index (χ3v) is 3.78. The molecule has 0 unspecified atom stereocenters. The van der Waals surface area contributed by atoms with Crippen molar-refractivity contribution in [1.29, 1.82) is 0 Å². The van der Waals surface area contributed by atoms with Gasteiger partial charge in [-0.25, -0.2) is 0 Å². The van der Waals surface area contributed by atoms with E-state index in [1.54, 1.807) is 0 Å². The Labute approximate surface area is 122 Å². The Morgan fingerprint density at radius 2 is 1.90 bits per heavy atom. The van der Waals surface area contributed by atoms with E-state index in [9.17, 15) is 0 Å². The van der Waals surface area contributed by atoms with Gasteiger partial charge in [-0.3, -0.25) is 0 Å². The van der Waals surface area contributed by atoms with Crippen LogP contribution in [-0.2, 0) is 6.42 Å². The standard InChI is InChI=1S/C18H27NO/c1-12(2)10-19-9-8-15-11-20-18-16(13(3)4)7-6-14(5)17(15)18/h6-7,11-13,19H,8-10H2,1-5H3. The third kappa shape index (κ3) is 3.24. The van der Waals surface area contributed by atoms with Crippen molar-refractivity contribution < 1.29 is 4.42 Å². The molecular weight excluding hydrogens is 246 g/mol. The SMILES string of the molecule is Cc1ccc(C(C)C)c2occ(CCNCC(C)C)c12. The van der Waals surface area contributed by atoms with Gasteiger partial charge in [-0.1, -0.05) is 39.8 Å². The molecule has 0 aliphatic rings. The van der Waals surface area contributed by atoms with E-state index in [2.05, 4.69) is 52.1 Å². The monoisotopic (exact) mass is 273 g/mol. The van der Waals surface area contributed by atoms with E-state index in [4.69, 9.17) is 4.42 Å². The molecule has 0 saturated carbocycles. The van der Waals surface area contributed by atoms with E-state index in [0.29, 0.717) is 11.8 Å². The van der Waals surface area contributed by atoms with Gasteiger partial charge in [0.05, 0.1) is 6.26 Å². The summed E-state index contributed by atoms with van der Waals surface area (Å²) in [4.78, 5) is 0. The summed E-state index contributed by atoms with van der Waals surface area (Å²) in [7, 11) is 0. The van der Waals surface area contributed by atoms with Gasteiger partial charge in [0, 0.05) is 5.39 Å². The quantitative estimate of drug-likeness (QED) is 0.775. The van der Waals surface area contributed by atoms with Crippen LogP contribution in [0.4, 0.5) is 0 Å². The Bertz CT molecular complexity index is 566. The fraction of sp³-hybridized carbons (Fsp3) is 0.556. The van der Waals surface area contributed by atoms with Gasteiger partial charge in [0.2, 0.25) is 0 Å². The molecule has 1 aromatic carbocycles. The molecular formula is C18H27NO. The molecule has 0 bridgehead atoms. The molecule has 0 saturated heterocycles. The number of hydrogen-bond donors (Lipinski definition) is 1. The molecule has 1 aromatic heterocycles. The Hall–Kier alpha value is -1.28. The molecule has 0 aliphatic heterocycles. The lowest BCUT2D eigenvalue weighted by molar-refractivity contribution is 0.551. The second-order valence-electron chi connectivity index (χ2n) is 6.44. The molecule has 0 radical (unpaired) electrons. The average Bonchev–Trinajstić information content (AvgIpc) is 2.79. The van der Waals surface area contributed by atoms with Gasteiger partial charge in [-0.2, -0.15) is 0 Å². The van der Waals surface area contributed by atoms with Gasteiger partial charge in [0.15, 0.2) is 0 Å². The number of fused-ring (bicyclic) bond motifs is 1. The maximum Gasteiger partial charge on any atom is 0.137 e. The zero-order valence-corrected chi connectivity index (χ0v) is 13.4. The first-order chi connectivity index (χ1) is 9.50. The zero-order chi connectivity index (χ0) is 14.7. The summed E-state index contributed by atoms with van der Waals surface area (Å²) in [6, 6.07) is 4.42. The first-order valence-corrected chi connectivity index (χ1v) is 7.71. The minimum atomic E-state index is 0.496. The van der Waals surface area contributed by atoms with E-state index in [1.807, 2.05) is 6.26 Å². The fourth-order valence-corrected chi connectivity index (χ4v) is 2.66. The number of furan rings is 1. The van der Waals surface area contributed by atoms with Crippen LogP contribution in [0.2, 0.25) is 0 Å². The summed E-state index contributed by atoms with van der Waals surface area (Å²) in [5.41, 5.74) is 5.04. The predicted octanol–water partition coefficient (Wildman–Crippen LogP) is 4.65. The van der Waals surface area contributed by atoms with Gasteiger partial charge in [0.25, 0.3) is 0 Å². The van der Waals surface area contributed by atoms with Crippen molar-refractivity contribution in [3.8, 4) is 0 Å². The first-order valence-electron chi connectivity index (χ1n) is 7.71. The van der Waals surface area contributed by atoms with E-state index in [0.717, 1.165) is 25.1 Å². The molecule has 2 rings (SSSR count). The molecule has 1 heterocycles. The second kappa shape index (κ2) is 6.45. The zero-order valence-electron chi connectivity index (χ0n) is 13.4. The number of nitrogens with one attached hydrogen (secondary N) is 1. The number of rotatable bonds is 6. The molecule has 0 spiro atoms. The summed E-state index contributed by atoms with van der Waals surface area (Å²) >= 11 is 0. The summed E-state index contributed by atoms with van der Waals surface area (Å²) < 4.78 is 5.87. The van der Waals surface area contributed by atoms with Crippen LogP contribution in [0.5, 0.6) is 0 Å². The Balaban J connectivity index is 2.20. The lowest BCUT2D eigenvalue weighted by Crippen LogP contribution is -2.22. The van der Waals surface area contributed by atoms with Crippen molar-refractivity contribution in [2.75, 3.05) is 13.1 Å². The minimum Gasteiger partial charge on any atom is -0.464 e. The van der Waals surface area contributed by atoms with Crippen LogP contribution in [0.3, 0.4) is 0 Å². The normalized spacial score (nSPS) is 11.9.